The van der Waals surface area contributed by atoms with Gasteiger partial charge in [0, 0.05) is 12.0 Å². The third-order valence-corrected chi connectivity index (χ3v) is 2.23. The lowest BCUT2D eigenvalue weighted by Crippen LogP contribution is -2.07. The highest BCUT2D eigenvalue weighted by Crippen LogP contribution is 2.23. The molecule has 0 unspecified atom stereocenters. The van der Waals surface area contributed by atoms with Crippen molar-refractivity contribution in [2.75, 3.05) is 20.8 Å². The number of hydrogen-bond donors (Lipinski definition) is 1. The Morgan fingerprint density at radius 1 is 1.35 bits per heavy atom. The van der Waals surface area contributed by atoms with Crippen LogP contribution in [0, 0.1) is 11.8 Å². The number of ether oxygens (including phenoxy) is 2. The molecular weight excluding hydrogens is 220 g/mol. The normalized spacial score (nSPS) is 9.12. The van der Waals surface area contributed by atoms with E-state index in [1.165, 1.54) is 14.2 Å². The maximum atomic E-state index is 11.6. The zero-order valence-electron chi connectivity index (χ0n) is 9.82. The van der Waals surface area contributed by atoms with Gasteiger partial charge in [-0.3, -0.25) is 0 Å². The molecule has 1 N–H and O–H groups in total. The predicted octanol–water partition coefficient (Wildman–Crippen LogP) is 1.02. The van der Waals surface area contributed by atoms with Gasteiger partial charge in [0.2, 0.25) is 0 Å². The summed E-state index contributed by atoms with van der Waals surface area (Å²) >= 11 is 0. The van der Waals surface area contributed by atoms with Crippen molar-refractivity contribution < 1.29 is 19.4 Å². The number of carbonyl (C=O) groups excluding carboxylic acids is 1. The van der Waals surface area contributed by atoms with E-state index in [1.807, 2.05) is 0 Å². The largest absolute Gasteiger partial charge is 0.496 e. The Morgan fingerprint density at radius 2 is 2.12 bits per heavy atom. The number of methoxy groups -OCH3 is 2. The van der Waals surface area contributed by atoms with Gasteiger partial charge in [0.05, 0.1) is 19.8 Å². The van der Waals surface area contributed by atoms with Crippen LogP contribution in [0.2, 0.25) is 0 Å². The highest BCUT2D eigenvalue weighted by molar-refractivity contribution is 5.92. The van der Waals surface area contributed by atoms with Gasteiger partial charge < -0.3 is 14.6 Å². The lowest BCUT2D eigenvalue weighted by molar-refractivity contribution is 0.0599. The summed E-state index contributed by atoms with van der Waals surface area (Å²) < 4.78 is 9.86. The van der Waals surface area contributed by atoms with Crippen LogP contribution in [0.1, 0.15) is 15.9 Å². The van der Waals surface area contributed by atoms with Crippen molar-refractivity contribution in [3.63, 3.8) is 0 Å². The molecule has 0 aliphatic heterocycles. The first-order valence-electron chi connectivity index (χ1n) is 5.05. The fourth-order valence-corrected chi connectivity index (χ4v) is 1.45. The van der Waals surface area contributed by atoms with Gasteiger partial charge in [-0.1, -0.05) is 17.9 Å². The van der Waals surface area contributed by atoms with Crippen LogP contribution in [0.4, 0.5) is 0 Å². The quantitative estimate of drug-likeness (QED) is 0.626. The number of carbonyl (C=O) groups is 1. The maximum absolute atomic E-state index is 11.6. The molecule has 90 valence electrons. The molecule has 0 aromatic heterocycles. The molecule has 0 aliphatic carbocycles. The summed E-state index contributed by atoms with van der Waals surface area (Å²) in [6.07, 6.45) is 0.328. The maximum Gasteiger partial charge on any atom is 0.338 e. The predicted molar refractivity (Wildman–Crippen MR) is 62.9 cm³/mol. The molecule has 0 fully saturated rings. The van der Waals surface area contributed by atoms with E-state index in [0.29, 0.717) is 23.3 Å². The van der Waals surface area contributed by atoms with Gasteiger partial charge >= 0.3 is 5.97 Å². The highest BCUT2D eigenvalue weighted by atomic mass is 16.5. The molecule has 0 heterocycles. The van der Waals surface area contributed by atoms with E-state index in [2.05, 4.69) is 11.8 Å². The van der Waals surface area contributed by atoms with Crippen molar-refractivity contribution in [1.29, 1.82) is 0 Å². The van der Waals surface area contributed by atoms with Crippen molar-refractivity contribution in [1.82, 2.24) is 0 Å². The molecule has 1 rings (SSSR count). The zero-order chi connectivity index (χ0) is 12.7. The first-order chi connectivity index (χ1) is 8.24. The molecule has 0 amide bonds. The van der Waals surface area contributed by atoms with E-state index < -0.39 is 5.97 Å². The average molecular weight is 234 g/mol. The first kappa shape index (κ1) is 13.1. The van der Waals surface area contributed by atoms with E-state index >= 15 is 0 Å². The number of hydrogen-bond acceptors (Lipinski definition) is 4. The summed E-state index contributed by atoms with van der Waals surface area (Å²) in [6.45, 7) is -0.206. The van der Waals surface area contributed by atoms with Crippen LogP contribution in [0.5, 0.6) is 5.75 Å². The summed E-state index contributed by atoms with van der Waals surface area (Å²) in [4.78, 5) is 11.6. The smallest absolute Gasteiger partial charge is 0.338 e. The second-order valence-corrected chi connectivity index (χ2v) is 3.17. The SMILES string of the molecule is COC(=O)c1cccc(OC)c1CC#CCO. The van der Waals surface area contributed by atoms with Crippen molar-refractivity contribution in [3.05, 3.63) is 29.3 Å². The van der Waals surface area contributed by atoms with Gasteiger partial charge in [-0.15, -0.1) is 0 Å². The number of rotatable bonds is 3. The molecular formula is C13H14O4. The molecule has 4 nitrogen and oxygen atoms in total. The summed E-state index contributed by atoms with van der Waals surface area (Å²) in [7, 11) is 2.85. The van der Waals surface area contributed by atoms with Crippen molar-refractivity contribution >= 4 is 5.97 Å². The Bertz CT molecular complexity index is 454. The van der Waals surface area contributed by atoms with Crippen molar-refractivity contribution in [2.45, 2.75) is 6.42 Å². The third kappa shape index (κ3) is 3.23. The average Bonchev–Trinajstić information content (AvgIpc) is 2.38. The Morgan fingerprint density at radius 3 is 2.71 bits per heavy atom. The van der Waals surface area contributed by atoms with Crippen LogP contribution in [0.3, 0.4) is 0 Å². The van der Waals surface area contributed by atoms with Gasteiger partial charge in [-0.2, -0.15) is 0 Å². The molecule has 0 spiro atoms. The summed E-state index contributed by atoms with van der Waals surface area (Å²) in [5.41, 5.74) is 1.10. The Labute approximate surface area is 100 Å². The number of benzene rings is 1. The van der Waals surface area contributed by atoms with Crippen LogP contribution in [0.15, 0.2) is 18.2 Å². The Kier molecular flexibility index (Phi) is 5.05. The van der Waals surface area contributed by atoms with Crippen LogP contribution >= 0.6 is 0 Å². The molecule has 0 saturated carbocycles. The van der Waals surface area contributed by atoms with Gasteiger partial charge in [0.25, 0.3) is 0 Å². The highest BCUT2D eigenvalue weighted by Gasteiger charge is 2.14. The van der Waals surface area contributed by atoms with E-state index in [1.54, 1.807) is 18.2 Å². The molecule has 0 bridgehead atoms. The summed E-state index contributed by atoms with van der Waals surface area (Å²) in [6, 6.07) is 5.13. The fourth-order valence-electron chi connectivity index (χ4n) is 1.45. The molecule has 4 heteroatoms. The van der Waals surface area contributed by atoms with Crippen molar-refractivity contribution in [2.24, 2.45) is 0 Å². The lowest BCUT2D eigenvalue weighted by atomic mass is 10.0. The second-order valence-electron chi connectivity index (χ2n) is 3.17. The first-order valence-corrected chi connectivity index (χ1v) is 5.05. The molecule has 0 saturated heterocycles. The number of esters is 1. The third-order valence-electron chi connectivity index (χ3n) is 2.23. The van der Waals surface area contributed by atoms with Crippen LogP contribution < -0.4 is 4.74 Å². The van der Waals surface area contributed by atoms with Gasteiger partial charge in [0.15, 0.2) is 0 Å². The zero-order valence-corrected chi connectivity index (χ0v) is 9.82. The topological polar surface area (TPSA) is 55.8 Å². The molecule has 1 aromatic carbocycles. The standard InChI is InChI=1S/C13H14O4/c1-16-12-8-5-7-11(13(15)17-2)10(12)6-3-4-9-14/h5,7-8,14H,6,9H2,1-2H3. The Hall–Kier alpha value is -1.99. The van der Waals surface area contributed by atoms with E-state index in [9.17, 15) is 4.79 Å². The molecule has 1 aromatic rings. The summed E-state index contributed by atoms with van der Waals surface area (Å²) in [5, 5.41) is 8.60. The van der Waals surface area contributed by atoms with E-state index in [4.69, 9.17) is 14.6 Å². The van der Waals surface area contributed by atoms with Crippen LogP contribution in [-0.2, 0) is 11.2 Å². The minimum atomic E-state index is -0.426. The Balaban J connectivity index is 3.15. The van der Waals surface area contributed by atoms with Gasteiger partial charge in [0.1, 0.15) is 12.4 Å². The van der Waals surface area contributed by atoms with Crippen LogP contribution in [-0.4, -0.2) is 31.9 Å². The molecule has 0 atom stereocenters. The van der Waals surface area contributed by atoms with E-state index in [-0.39, 0.29) is 6.61 Å². The fraction of sp³-hybridized carbons (Fsp3) is 0.308. The van der Waals surface area contributed by atoms with E-state index in [0.717, 1.165) is 0 Å². The monoisotopic (exact) mass is 234 g/mol. The molecule has 0 radical (unpaired) electrons. The van der Waals surface area contributed by atoms with Crippen molar-refractivity contribution in [3.8, 4) is 17.6 Å². The van der Waals surface area contributed by atoms with Gasteiger partial charge in [-0.05, 0) is 12.1 Å². The summed E-state index contributed by atoms with van der Waals surface area (Å²) in [5.74, 6) is 5.45. The van der Waals surface area contributed by atoms with Crippen LogP contribution in [0.25, 0.3) is 0 Å². The minimum Gasteiger partial charge on any atom is -0.496 e. The second kappa shape index (κ2) is 6.56. The number of aliphatic hydroxyl groups is 1. The lowest BCUT2D eigenvalue weighted by Gasteiger charge is -2.10. The minimum absolute atomic E-state index is 0.206. The molecule has 17 heavy (non-hydrogen) atoms. The number of aliphatic hydroxyl groups excluding tert-OH is 1. The molecule has 0 aliphatic rings. The van der Waals surface area contributed by atoms with Gasteiger partial charge in [-0.25, -0.2) is 4.79 Å².